The Bertz CT molecular complexity index is 1200. The summed E-state index contributed by atoms with van der Waals surface area (Å²) in [5.41, 5.74) is 0.370. The second-order valence-electron chi connectivity index (χ2n) is 8.36. The number of hydrogen-bond acceptors (Lipinski definition) is 5. The summed E-state index contributed by atoms with van der Waals surface area (Å²) in [6, 6.07) is 11.5. The Morgan fingerprint density at radius 1 is 1.12 bits per heavy atom. The van der Waals surface area contributed by atoms with Crippen LogP contribution in [-0.2, 0) is 16.1 Å². The van der Waals surface area contributed by atoms with Gasteiger partial charge in [-0.25, -0.2) is 9.37 Å². The Kier molecular flexibility index (Phi) is 6.77. The number of ether oxygens (including phenoxy) is 1. The molecule has 0 aliphatic carbocycles. The van der Waals surface area contributed by atoms with Crippen molar-refractivity contribution in [1.82, 2.24) is 14.5 Å². The van der Waals surface area contributed by atoms with Crippen LogP contribution in [0, 0.1) is 5.82 Å². The van der Waals surface area contributed by atoms with E-state index in [0.717, 1.165) is 0 Å². The minimum absolute atomic E-state index is 0.0202. The number of nitrogens with zero attached hydrogens (tertiary/aromatic N) is 3. The summed E-state index contributed by atoms with van der Waals surface area (Å²) >= 11 is 0. The van der Waals surface area contributed by atoms with Crippen molar-refractivity contribution in [2.45, 2.75) is 39.0 Å². The standard InChI is InChI=1S/C26H26FN3O4/c1-17(2)34-19-10-8-18(9-11-19)24(31)22-23(20-6-3-4-7-21(20)27)30(26(33)25(22)32)14-5-13-29-15-12-28-16-29/h3-4,6-12,15-17,23,31H,5,13-14H2,1-2H3/b24-22+/t23-/m0/s1. The Labute approximate surface area is 197 Å². The number of carbonyl (C=O) groups is 2. The zero-order chi connectivity index (χ0) is 24.2. The van der Waals surface area contributed by atoms with Gasteiger partial charge in [0.2, 0.25) is 0 Å². The van der Waals surface area contributed by atoms with Crippen LogP contribution in [0.3, 0.4) is 0 Å². The molecule has 7 nitrogen and oxygen atoms in total. The molecule has 0 saturated carbocycles. The number of rotatable bonds is 8. The SMILES string of the molecule is CC(C)Oc1ccc(/C(O)=C2\C(=O)C(=O)N(CCCn3ccnc3)[C@H]2c2ccccc2F)cc1. The molecule has 1 aliphatic rings. The second-order valence-corrected chi connectivity index (χ2v) is 8.36. The first-order valence-corrected chi connectivity index (χ1v) is 11.1. The number of aliphatic hydroxyl groups is 1. The normalized spacial score (nSPS) is 17.5. The molecule has 0 unspecified atom stereocenters. The van der Waals surface area contributed by atoms with Gasteiger partial charge >= 0.3 is 0 Å². The van der Waals surface area contributed by atoms with E-state index in [1.807, 2.05) is 18.4 Å². The minimum Gasteiger partial charge on any atom is -0.507 e. The molecule has 0 radical (unpaired) electrons. The molecule has 1 aromatic heterocycles. The quantitative estimate of drug-likeness (QED) is 0.306. The summed E-state index contributed by atoms with van der Waals surface area (Å²) in [6.07, 6.45) is 5.62. The molecule has 3 aromatic rings. The largest absolute Gasteiger partial charge is 0.507 e. The van der Waals surface area contributed by atoms with Crippen LogP contribution < -0.4 is 4.74 Å². The van der Waals surface area contributed by atoms with Crippen molar-refractivity contribution in [2.24, 2.45) is 0 Å². The third-order valence-electron chi connectivity index (χ3n) is 5.61. The smallest absolute Gasteiger partial charge is 0.295 e. The lowest BCUT2D eigenvalue weighted by molar-refractivity contribution is -0.140. The molecular weight excluding hydrogens is 437 g/mol. The first-order valence-electron chi connectivity index (χ1n) is 11.1. The molecule has 0 spiro atoms. The zero-order valence-corrected chi connectivity index (χ0v) is 19.0. The van der Waals surface area contributed by atoms with E-state index in [4.69, 9.17) is 4.74 Å². The molecule has 4 rings (SSSR count). The van der Waals surface area contributed by atoms with Crippen molar-refractivity contribution in [3.8, 4) is 5.75 Å². The Morgan fingerprint density at radius 3 is 2.50 bits per heavy atom. The highest BCUT2D eigenvalue weighted by Gasteiger charge is 2.46. The first-order chi connectivity index (χ1) is 16.4. The van der Waals surface area contributed by atoms with Gasteiger partial charge in [0, 0.05) is 36.6 Å². The van der Waals surface area contributed by atoms with E-state index in [1.54, 1.807) is 49.1 Å². The van der Waals surface area contributed by atoms with E-state index >= 15 is 0 Å². The van der Waals surface area contributed by atoms with Crippen LogP contribution in [-0.4, -0.2) is 43.9 Å². The fraction of sp³-hybridized carbons (Fsp3) is 0.269. The van der Waals surface area contributed by atoms with Crippen molar-refractivity contribution in [1.29, 1.82) is 0 Å². The number of likely N-dealkylation sites (tertiary alicyclic amines) is 1. The van der Waals surface area contributed by atoms with E-state index in [9.17, 15) is 19.1 Å². The van der Waals surface area contributed by atoms with E-state index in [-0.39, 0.29) is 29.5 Å². The fourth-order valence-electron chi connectivity index (χ4n) is 4.09. The molecule has 0 bridgehead atoms. The average Bonchev–Trinajstić information content (AvgIpc) is 3.41. The van der Waals surface area contributed by atoms with Crippen molar-refractivity contribution >= 4 is 17.4 Å². The van der Waals surface area contributed by atoms with Crippen molar-refractivity contribution < 1.29 is 23.8 Å². The molecule has 1 N–H and O–H groups in total. The summed E-state index contributed by atoms with van der Waals surface area (Å²) < 4.78 is 22.3. The number of amides is 1. The Balaban J connectivity index is 1.71. The highest BCUT2D eigenvalue weighted by atomic mass is 19.1. The average molecular weight is 464 g/mol. The van der Waals surface area contributed by atoms with Crippen LogP contribution >= 0.6 is 0 Å². The predicted molar refractivity (Wildman–Crippen MR) is 124 cm³/mol. The maximum absolute atomic E-state index is 14.8. The number of aliphatic hydroxyl groups excluding tert-OH is 1. The Morgan fingerprint density at radius 2 is 1.85 bits per heavy atom. The molecule has 2 aromatic carbocycles. The van der Waals surface area contributed by atoms with E-state index in [2.05, 4.69) is 4.98 Å². The fourth-order valence-corrected chi connectivity index (χ4v) is 4.09. The van der Waals surface area contributed by atoms with Crippen molar-refractivity contribution in [3.05, 3.63) is 89.8 Å². The van der Waals surface area contributed by atoms with Gasteiger partial charge in [-0.1, -0.05) is 18.2 Å². The number of carbonyl (C=O) groups excluding carboxylic acids is 2. The Hall–Kier alpha value is -3.94. The highest BCUT2D eigenvalue weighted by Crippen LogP contribution is 2.40. The van der Waals surface area contributed by atoms with Crippen LogP contribution in [0.15, 0.2) is 72.8 Å². The lowest BCUT2D eigenvalue weighted by Gasteiger charge is -2.25. The molecule has 1 saturated heterocycles. The molecule has 34 heavy (non-hydrogen) atoms. The maximum Gasteiger partial charge on any atom is 0.295 e. The van der Waals surface area contributed by atoms with Crippen LogP contribution in [0.25, 0.3) is 5.76 Å². The summed E-state index contributed by atoms with van der Waals surface area (Å²) in [5.74, 6) is -1.89. The number of ketones is 1. The molecule has 176 valence electrons. The summed E-state index contributed by atoms with van der Waals surface area (Å²) in [4.78, 5) is 31.4. The van der Waals surface area contributed by atoms with E-state index in [1.165, 1.54) is 23.1 Å². The predicted octanol–water partition coefficient (Wildman–Crippen LogP) is 4.32. The van der Waals surface area contributed by atoms with Gasteiger partial charge in [-0.3, -0.25) is 9.59 Å². The lowest BCUT2D eigenvalue weighted by atomic mass is 9.95. The second kappa shape index (κ2) is 9.91. The third-order valence-corrected chi connectivity index (χ3v) is 5.61. The number of imidazole rings is 1. The lowest BCUT2D eigenvalue weighted by Crippen LogP contribution is -2.31. The minimum atomic E-state index is -1.03. The number of hydrogen-bond donors (Lipinski definition) is 1. The van der Waals surface area contributed by atoms with Crippen LogP contribution in [0.1, 0.15) is 37.4 Å². The number of benzene rings is 2. The molecule has 1 atom stereocenters. The molecular formula is C26H26FN3O4. The van der Waals surface area contributed by atoms with Gasteiger partial charge in [-0.2, -0.15) is 0 Å². The van der Waals surface area contributed by atoms with Crippen molar-refractivity contribution in [3.63, 3.8) is 0 Å². The molecule has 8 heteroatoms. The van der Waals surface area contributed by atoms with Gasteiger partial charge in [-0.15, -0.1) is 0 Å². The monoisotopic (exact) mass is 463 g/mol. The number of halogens is 1. The van der Waals surface area contributed by atoms with Gasteiger partial charge in [0.1, 0.15) is 17.3 Å². The van der Waals surface area contributed by atoms with Gasteiger partial charge in [-0.05, 0) is 50.6 Å². The topological polar surface area (TPSA) is 84.7 Å². The summed E-state index contributed by atoms with van der Waals surface area (Å²) in [5, 5.41) is 11.1. The van der Waals surface area contributed by atoms with E-state index < -0.39 is 23.5 Å². The van der Waals surface area contributed by atoms with Gasteiger partial charge < -0.3 is 19.3 Å². The molecule has 1 fully saturated rings. The summed E-state index contributed by atoms with van der Waals surface area (Å²) in [6.45, 7) is 4.58. The van der Waals surface area contributed by atoms with Gasteiger partial charge in [0.05, 0.1) is 24.0 Å². The van der Waals surface area contributed by atoms with Crippen LogP contribution in [0.2, 0.25) is 0 Å². The van der Waals surface area contributed by atoms with Crippen molar-refractivity contribution in [2.75, 3.05) is 6.54 Å². The molecule has 1 aliphatic heterocycles. The molecule has 1 amide bonds. The van der Waals surface area contributed by atoms with E-state index in [0.29, 0.717) is 24.3 Å². The van der Waals surface area contributed by atoms with Gasteiger partial charge in [0.25, 0.3) is 11.7 Å². The maximum atomic E-state index is 14.8. The van der Waals surface area contributed by atoms with Gasteiger partial charge in [0.15, 0.2) is 0 Å². The van der Waals surface area contributed by atoms with Crippen LogP contribution in [0.4, 0.5) is 4.39 Å². The first kappa shape index (κ1) is 23.2. The zero-order valence-electron chi connectivity index (χ0n) is 19.0. The number of Topliss-reactive ketones (excluding diaryl/α,β-unsaturated/α-hetero) is 1. The number of aromatic nitrogens is 2. The third kappa shape index (κ3) is 4.71. The summed E-state index contributed by atoms with van der Waals surface area (Å²) in [7, 11) is 0. The highest BCUT2D eigenvalue weighted by molar-refractivity contribution is 6.46. The van der Waals surface area contributed by atoms with Crippen LogP contribution in [0.5, 0.6) is 5.75 Å². The molecule has 2 heterocycles. The number of aryl methyl sites for hydroxylation is 1.